The molecule has 2 heteroatoms. The third kappa shape index (κ3) is 3.26. The van der Waals surface area contributed by atoms with E-state index < -0.39 is 16.1 Å². The van der Waals surface area contributed by atoms with E-state index in [0.29, 0.717) is 10.1 Å². The molecule has 0 heterocycles. The van der Waals surface area contributed by atoms with Crippen LogP contribution < -0.4 is 0 Å². The van der Waals surface area contributed by atoms with Crippen LogP contribution in [-0.2, 0) is 0 Å². The molecule has 0 aromatic carbocycles. The van der Waals surface area contributed by atoms with E-state index in [2.05, 4.69) is 67.7 Å². The summed E-state index contributed by atoms with van der Waals surface area (Å²) in [4.78, 5) is 0. The van der Waals surface area contributed by atoms with Crippen molar-refractivity contribution in [3.05, 3.63) is 0 Å². The first-order valence-corrected chi connectivity index (χ1v) is 14.9. The van der Waals surface area contributed by atoms with Gasteiger partial charge in [0.2, 0.25) is 0 Å². The van der Waals surface area contributed by atoms with Crippen LogP contribution in [-0.4, -0.2) is 16.1 Å². The van der Waals surface area contributed by atoms with Crippen LogP contribution in [0.25, 0.3) is 0 Å². The van der Waals surface area contributed by atoms with Gasteiger partial charge in [0.05, 0.1) is 16.1 Å². The molecule has 0 spiro atoms. The maximum Gasteiger partial charge on any atom is 0.0558 e. The lowest BCUT2D eigenvalue weighted by atomic mass is 9.99. The minimum Gasteiger partial charge on any atom is -0.0688 e. The zero-order chi connectivity index (χ0) is 16.0. The van der Waals surface area contributed by atoms with E-state index in [1.165, 1.54) is 25.7 Å². The van der Waals surface area contributed by atoms with Gasteiger partial charge in [-0.05, 0) is 21.2 Å². The van der Waals surface area contributed by atoms with Crippen LogP contribution in [0.3, 0.4) is 0 Å². The first-order chi connectivity index (χ1) is 8.73. The molecular weight excluding hydrogens is 272 g/mol. The van der Waals surface area contributed by atoms with Crippen LogP contribution in [0.15, 0.2) is 0 Å². The predicted molar refractivity (Wildman–Crippen MR) is 100 cm³/mol. The smallest absolute Gasteiger partial charge is 0.0558 e. The molecule has 1 aliphatic carbocycles. The second-order valence-corrected chi connectivity index (χ2v) is 21.8. The van der Waals surface area contributed by atoms with Crippen molar-refractivity contribution in [1.82, 2.24) is 0 Å². The Hall–Kier alpha value is 0.434. The highest BCUT2D eigenvalue weighted by molar-refractivity contribution is 6.87. The van der Waals surface area contributed by atoms with Crippen molar-refractivity contribution >= 4 is 16.1 Å². The average Bonchev–Trinajstić information content (AvgIpc) is 2.26. The SMILES string of the molecule is CC(C)(C)[Si](C)(C)[C@H]1CCCC[C@@H]1[Si](C)(C)C(C)(C)C. The lowest BCUT2D eigenvalue weighted by molar-refractivity contribution is 0.457. The highest BCUT2D eigenvalue weighted by Gasteiger charge is 2.52. The molecule has 20 heavy (non-hydrogen) atoms. The molecule has 1 fully saturated rings. The van der Waals surface area contributed by atoms with Crippen molar-refractivity contribution in [3.63, 3.8) is 0 Å². The largest absolute Gasteiger partial charge is 0.0688 e. The van der Waals surface area contributed by atoms with Gasteiger partial charge in [-0.2, -0.15) is 0 Å². The summed E-state index contributed by atoms with van der Waals surface area (Å²) < 4.78 is 0. The molecule has 1 saturated carbocycles. The first-order valence-electron chi connectivity index (χ1n) is 8.73. The van der Waals surface area contributed by atoms with E-state index in [-0.39, 0.29) is 0 Å². The van der Waals surface area contributed by atoms with Gasteiger partial charge in [-0.15, -0.1) is 0 Å². The van der Waals surface area contributed by atoms with Gasteiger partial charge >= 0.3 is 0 Å². The molecule has 0 nitrogen and oxygen atoms in total. The topological polar surface area (TPSA) is 0 Å². The van der Waals surface area contributed by atoms with Crippen molar-refractivity contribution in [2.75, 3.05) is 0 Å². The van der Waals surface area contributed by atoms with E-state index >= 15 is 0 Å². The Balaban J connectivity index is 3.17. The number of rotatable bonds is 2. The monoisotopic (exact) mass is 312 g/mol. The molecule has 1 aliphatic rings. The lowest BCUT2D eigenvalue weighted by Gasteiger charge is -2.55. The molecule has 0 N–H and O–H groups in total. The Kier molecular flexibility index (Phi) is 5.15. The fourth-order valence-corrected chi connectivity index (χ4v) is 12.9. The van der Waals surface area contributed by atoms with Gasteiger partial charge in [0, 0.05) is 0 Å². The molecule has 1 rings (SSSR count). The van der Waals surface area contributed by atoms with Crippen molar-refractivity contribution < 1.29 is 0 Å². The highest BCUT2D eigenvalue weighted by Crippen LogP contribution is 2.60. The first kappa shape index (κ1) is 18.5. The second-order valence-electron chi connectivity index (χ2n) is 10.4. The summed E-state index contributed by atoms with van der Waals surface area (Å²) in [6, 6.07) is 0. The average molecular weight is 313 g/mol. The summed E-state index contributed by atoms with van der Waals surface area (Å²) in [5, 5.41) is 1.07. The maximum absolute atomic E-state index is 2.68. The zero-order valence-corrected chi connectivity index (χ0v) is 18.0. The van der Waals surface area contributed by atoms with Crippen LogP contribution in [0.4, 0.5) is 0 Å². The molecule has 0 aromatic rings. The number of hydrogen-bond donors (Lipinski definition) is 0. The normalized spacial score (nSPS) is 26.7. The van der Waals surface area contributed by atoms with E-state index in [0.717, 1.165) is 11.1 Å². The minimum atomic E-state index is -1.22. The van der Waals surface area contributed by atoms with E-state index in [9.17, 15) is 0 Å². The molecule has 120 valence electrons. The fourth-order valence-electron chi connectivity index (χ4n) is 3.97. The third-order valence-electron chi connectivity index (χ3n) is 7.49. The van der Waals surface area contributed by atoms with Crippen molar-refractivity contribution in [2.24, 2.45) is 0 Å². The van der Waals surface area contributed by atoms with E-state index in [1.54, 1.807) is 0 Å². The molecule has 0 bridgehead atoms. The van der Waals surface area contributed by atoms with Crippen molar-refractivity contribution in [1.29, 1.82) is 0 Å². The Labute approximate surface area is 131 Å². The Bertz CT molecular complexity index is 294. The predicted octanol–water partition coefficient (Wildman–Crippen LogP) is 7.32. The molecule has 0 aromatic heterocycles. The fraction of sp³-hybridized carbons (Fsp3) is 1.00. The molecule has 2 atom stereocenters. The third-order valence-corrected chi connectivity index (χ3v) is 20.6. The summed E-state index contributed by atoms with van der Waals surface area (Å²) in [6.07, 6.45) is 6.02. The minimum absolute atomic E-state index is 0.537. The van der Waals surface area contributed by atoms with Gasteiger partial charge < -0.3 is 0 Å². The summed E-state index contributed by atoms with van der Waals surface area (Å²) in [5.74, 6) is 0. The van der Waals surface area contributed by atoms with Gasteiger partial charge in [-0.1, -0.05) is 93.4 Å². The Morgan fingerprint density at radius 1 is 0.600 bits per heavy atom. The maximum atomic E-state index is 2.68. The Morgan fingerprint density at radius 2 is 0.850 bits per heavy atom. The lowest BCUT2D eigenvalue weighted by Crippen LogP contribution is -2.52. The summed E-state index contributed by atoms with van der Waals surface area (Å²) >= 11 is 0. The zero-order valence-electron chi connectivity index (χ0n) is 16.0. The van der Waals surface area contributed by atoms with Gasteiger partial charge in [0.25, 0.3) is 0 Å². The van der Waals surface area contributed by atoms with Crippen LogP contribution in [0.2, 0.25) is 47.3 Å². The summed E-state index contributed by atoms with van der Waals surface area (Å²) in [7, 11) is -2.44. The Morgan fingerprint density at radius 3 is 1.05 bits per heavy atom. The van der Waals surface area contributed by atoms with Gasteiger partial charge in [-0.3, -0.25) is 0 Å². The molecular formula is C18H40Si2. The summed E-state index contributed by atoms with van der Waals surface area (Å²) in [5.41, 5.74) is 2.11. The second kappa shape index (κ2) is 5.57. The van der Waals surface area contributed by atoms with Crippen LogP contribution >= 0.6 is 0 Å². The quantitative estimate of drug-likeness (QED) is 0.469. The van der Waals surface area contributed by atoms with E-state index in [4.69, 9.17) is 0 Å². The molecule has 0 unspecified atom stereocenters. The molecule has 0 amide bonds. The van der Waals surface area contributed by atoms with Gasteiger partial charge in [-0.25, -0.2) is 0 Å². The molecule has 0 saturated heterocycles. The highest BCUT2D eigenvalue weighted by atomic mass is 28.3. The standard InChI is InChI=1S/C18H40Si2/c1-17(2,3)19(7,8)15-13-11-12-14-16(15)20(9,10)18(4,5)6/h15-16H,11-14H2,1-10H3/t15-,16-/m0/s1. The van der Waals surface area contributed by atoms with Crippen molar-refractivity contribution in [2.45, 2.75) is 115 Å². The van der Waals surface area contributed by atoms with Crippen LogP contribution in [0, 0.1) is 0 Å². The number of hydrogen-bond acceptors (Lipinski definition) is 0. The van der Waals surface area contributed by atoms with Crippen LogP contribution in [0.5, 0.6) is 0 Å². The van der Waals surface area contributed by atoms with E-state index in [1.807, 2.05) is 0 Å². The molecule has 0 radical (unpaired) electrons. The summed E-state index contributed by atoms with van der Waals surface area (Å²) in [6.45, 7) is 25.8. The molecule has 0 aliphatic heterocycles. The van der Waals surface area contributed by atoms with Crippen molar-refractivity contribution in [3.8, 4) is 0 Å². The van der Waals surface area contributed by atoms with Gasteiger partial charge in [0.15, 0.2) is 0 Å². The van der Waals surface area contributed by atoms with Crippen LogP contribution in [0.1, 0.15) is 67.2 Å². The van der Waals surface area contributed by atoms with Gasteiger partial charge in [0.1, 0.15) is 0 Å².